The van der Waals surface area contributed by atoms with Gasteiger partial charge in [0.25, 0.3) is 0 Å². The van der Waals surface area contributed by atoms with Crippen molar-refractivity contribution in [3.8, 4) is 12.3 Å². The molecule has 2 N–H and O–H groups in total. The van der Waals surface area contributed by atoms with Crippen molar-refractivity contribution in [2.24, 2.45) is 5.73 Å². The number of hydrogen-bond donors (Lipinski definition) is 1. The molecule has 0 aliphatic carbocycles. The maximum Gasteiger partial charge on any atom is 0.0996 e. The van der Waals surface area contributed by atoms with E-state index in [0.717, 1.165) is 16.8 Å². The zero-order chi connectivity index (χ0) is 9.26. The maximum atomic E-state index is 5.52. The Kier molecular flexibility index (Phi) is 1.76. The molecule has 0 amide bonds. The van der Waals surface area contributed by atoms with Crippen LogP contribution in [0.15, 0.2) is 24.7 Å². The second kappa shape index (κ2) is 2.92. The number of aromatic nitrogens is 2. The van der Waals surface area contributed by atoms with E-state index in [9.17, 15) is 0 Å². The van der Waals surface area contributed by atoms with Crippen LogP contribution in [0.4, 0.5) is 0 Å². The van der Waals surface area contributed by atoms with Gasteiger partial charge < -0.3 is 10.1 Å². The van der Waals surface area contributed by atoms with E-state index in [4.69, 9.17) is 12.2 Å². The van der Waals surface area contributed by atoms with Gasteiger partial charge in [-0.1, -0.05) is 5.92 Å². The number of pyridine rings is 1. The molecule has 2 aromatic rings. The Bertz CT molecular complexity index is 476. The maximum absolute atomic E-state index is 5.52. The first-order valence-electron chi connectivity index (χ1n) is 3.97. The standard InChI is InChI=1S/C10H9N3/c1-2-8-3-4-13-7-12-9(6-11)10(13)5-8/h1,3-5,7H,6,11H2. The SMILES string of the molecule is C#Cc1ccn2cnc(CN)c2c1. The summed E-state index contributed by atoms with van der Waals surface area (Å²) in [7, 11) is 0. The normalized spacial score (nSPS) is 10.2. The third-order valence-electron chi connectivity index (χ3n) is 1.98. The lowest BCUT2D eigenvalue weighted by Crippen LogP contribution is -1.97. The summed E-state index contributed by atoms with van der Waals surface area (Å²) >= 11 is 0. The molecule has 0 aliphatic heterocycles. The average Bonchev–Trinajstić information content (AvgIpc) is 2.59. The van der Waals surface area contributed by atoms with Crippen LogP contribution >= 0.6 is 0 Å². The molecule has 0 aliphatic rings. The van der Waals surface area contributed by atoms with Crippen molar-refractivity contribution in [1.29, 1.82) is 0 Å². The van der Waals surface area contributed by atoms with Gasteiger partial charge in [0.05, 0.1) is 17.5 Å². The molecule has 0 bridgehead atoms. The molecule has 0 atom stereocenters. The van der Waals surface area contributed by atoms with Crippen LogP contribution < -0.4 is 5.73 Å². The molecule has 0 aromatic carbocycles. The number of terminal acetylenes is 1. The van der Waals surface area contributed by atoms with Crippen LogP contribution in [-0.4, -0.2) is 9.38 Å². The Balaban J connectivity index is 2.73. The third-order valence-corrected chi connectivity index (χ3v) is 1.98. The Morgan fingerprint density at radius 3 is 3.15 bits per heavy atom. The molecule has 13 heavy (non-hydrogen) atoms. The zero-order valence-corrected chi connectivity index (χ0v) is 7.07. The Labute approximate surface area is 76.2 Å². The van der Waals surface area contributed by atoms with Crippen LogP contribution in [0, 0.1) is 12.3 Å². The molecule has 0 radical (unpaired) electrons. The van der Waals surface area contributed by atoms with Crippen LogP contribution in [0.25, 0.3) is 5.52 Å². The molecule has 3 heteroatoms. The van der Waals surface area contributed by atoms with Gasteiger partial charge in [-0.3, -0.25) is 0 Å². The molecule has 2 rings (SSSR count). The van der Waals surface area contributed by atoms with Gasteiger partial charge in [-0.2, -0.15) is 0 Å². The van der Waals surface area contributed by atoms with Gasteiger partial charge in [-0.15, -0.1) is 6.42 Å². The molecule has 0 fully saturated rings. The quantitative estimate of drug-likeness (QED) is 0.644. The predicted molar refractivity (Wildman–Crippen MR) is 51.0 cm³/mol. The first-order chi connectivity index (χ1) is 6.35. The molecule has 0 saturated heterocycles. The highest BCUT2D eigenvalue weighted by molar-refractivity contribution is 5.56. The number of fused-ring (bicyclic) bond motifs is 1. The fourth-order valence-corrected chi connectivity index (χ4v) is 1.29. The molecule has 3 nitrogen and oxygen atoms in total. The summed E-state index contributed by atoms with van der Waals surface area (Å²) in [5.41, 5.74) is 8.23. The van der Waals surface area contributed by atoms with E-state index in [1.807, 2.05) is 22.7 Å². The van der Waals surface area contributed by atoms with Crippen LogP contribution in [-0.2, 0) is 6.54 Å². The smallest absolute Gasteiger partial charge is 0.0996 e. The number of nitrogens with two attached hydrogens (primary N) is 1. The first kappa shape index (κ1) is 7.84. The number of rotatable bonds is 1. The summed E-state index contributed by atoms with van der Waals surface area (Å²) < 4.78 is 1.91. The second-order valence-corrected chi connectivity index (χ2v) is 2.75. The molecule has 0 unspecified atom stereocenters. The van der Waals surface area contributed by atoms with E-state index in [1.54, 1.807) is 6.33 Å². The minimum Gasteiger partial charge on any atom is -0.325 e. The Hall–Kier alpha value is -1.79. The molecule has 64 valence electrons. The number of nitrogens with zero attached hydrogens (tertiary/aromatic N) is 2. The summed E-state index contributed by atoms with van der Waals surface area (Å²) in [5, 5.41) is 0. The van der Waals surface area contributed by atoms with Crippen LogP contribution in [0.3, 0.4) is 0 Å². The van der Waals surface area contributed by atoms with Gasteiger partial charge in [0, 0.05) is 18.3 Å². The third kappa shape index (κ3) is 1.17. The van der Waals surface area contributed by atoms with Crippen molar-refractivity contribution in [2.75, 3.05) is 0 Å². The largest absolute Gasteiger partial charge is 0.325 e. The molecule has 0 saturated carbocycles. The number of hydrogen-bond acceptors (Lipinski definition) is 2. The van der Waals surface area contributed by atoms with Gasteiger partial charge in [0.2, 0.25) is 0 Å². The number of imidazole rings is 1. The van der Waals surface area contributed by atoms with Gasteiger partial charge in [-0.25, -0.2) is 4.98 Å². The fourth-order valence-electron chi connectivity index (χ4n) is 1.29. The van der Waals surface area contributed by atoms with E-state index in [0.29, 0.717) is 6.54 Å². The van der Waals surface area contributed by atoms with Gasteiger partial charge in [-0.05, 0) is 12.1 Å². The van der Waals surface area contributed by atoms with Gasteiger partial charge >= 0.3 is 0 Å². The first-order valence-corrected chi connectivity index (χ1v) is 3.97. The summed E-state index contributed by atoms with van der Waals surface area (Å²) in [6.07, 6.45) is 8.91. The highest BCUT2D eigenvalue weighted by Crippen LogP contribution is 2.10. The van der Waals surface area contributed by atoms with Crippen LogP contribution in [0.1, 0.15) is 11.3 Å². The molecule has 2 heterocycles. The fraction of sp³-hybridized carbons (Fsp3) is 0.100. The van der Waals surface area contributed by atoms with Crippen molar-refractivity contribution in [3.05, 3.63) is 35.9 Å². The van der Waals surface area contributed by atoms with Gasteiger partial charge in [0.1, 0.15) is 0 Å². The highest BCUT2D eigenvalue weighted by Gasteiger charge is 2.01. The minimum absolute atomic E-state index is 0.435. The lowest BCUT2D eigenvalue weighted by Gasteiger charge is -1.96. The van der Waals surface area contributed by atoms with Crippen molar-refractivity contribution in [3.63, 3.8) is 0 Å². The zero-order valence-electron chi connectivity index (χ0n) is 7.07. The summed E-state index contributed by atoms with van der Waals surface area (Å²) in [5.74, 6) is 2.58. The summed E-state index contributed by atoms with van der Waals surface area (Å²) in [6.45, 7) is 0.435. The van der Waals surface area contributed by atoms with Crippen molar-refractivity contribution < 1.29 is 0 Å². The summed E-state index contributed by atoms with van der Waals surface area (Å²) in [6, 6.07) is 3.78. The van der Waals surface area contributed by atoms with E-state index >= 15 is 0 Å². The van der Waals surface area contributed by atoms with Gasteiger partial charge in [0.15, 0.2) is 0 Å². The molecule has 2 aromatic heterocycles. The molecular formula is C10H9N3. The van der Waals surface area contributed by atoms with E-state index in [2.05, 4.69) is 10.9 Å². The minimum atomic E-state index is 0.435. The lowest BCUT2D eigenvalue weighted by molar-refractivity contribution is 1.02. The van der Waals surface area contributed by atoms with E-state index in [1.165, 1.54) is 0 Å². The molecular weight excluding hydrogens is 162 g/mol. The summed E-state index contributed by atoms with van der Waals surface area (Å²) in [4.78, 5) is 4.16. The van der Waals surface area contributed by atoms with E-state index in [-0.39, 0.29) is 0 Å². The second-order valence-electron chi connectivity index (χ2n) is 2.75. The Morgan fingerprint density at radius 2 is 2.46 bits per heavy atom. The van der Waals surface area contributed by atoms with Crippen LogP contribution in [0.2, 0.25) is 0 Å². The molecule has 0 spiro atoms. The van der Waals surface area contributed by atoms with Crippen LogP contribution in [0.5, 0.6) is 0 Å². The van der Waals surface area contributed by atoms with Crippen molar-refractivity contribution in [2.45, 2.75) is 6.54 Å². The van der Waals surface area contributed by atoms with Crippen molar-refractivity contribution >= 4 is 5.52 Å². The highest BCUT2D eigenvalue weighted by atomic mass is 15.0. The topological polar surface area (TPSA) is 43.3 Å². The monoisotopic (exact) mass is 171 g/mol. The predicted octanol–water partition coefficient (Wildman–Crippen LogP) is 0.774. The lowest BCUT2D eigenvalue weighted by atomic mass is 10.2. The Morgan fingerprint density at radius 1 is 1.62 bits per heavy atom. The van der Waals surface area contributed by atoms with E-state index < -0.39 is 0 Å². The average molecular weight is 171 g/mol. The van der Waals surface area contributed by atoms with Crippen molar-refractivity contribution in [1.82, 2.24) is 9.38 Å².